The Balaban J connectivity index is 2.90. The van der Waals surface area contributed by atoms with Crippen LogP contribution >= 0.6 is 0 Å². The fourth-order valence-corrected chi connectivity index (χ4v) is 2.07. The van der Waals surface area contributed by atoms with Crippen LogP contribution in [-0.4, -0.2) is 33.4 Å². The number of aromatic nitrogens is 2. The Bertz CT molecular complexity index is 399. The molecule has 0 bridgehead atoms. The minimum absolute atomic E-state index is 0.371. The van der Waals surface area contributed by atoms with Crippen LogP contribution in [0.2, 0.25) is 0 Å². The molecule has 0 radical (unpaired) electrons. The highest BCUT2D eigenvalue weighted by Gasteiger charge is 2.19. The number of carboxylic acid groups (broad SMARTS) is 1. The Hall–Kier alpha value is -1.36. The molecular weight excluding hydrogens is 218 g/mol. The van der Waals surface area contributed by atoms with Gasteiger partial charge in [0.05, 0.1) is 12.2 Å². The smallest absolute Gasteiger partial charge is 0.322 e. The number of rotatable bonds is 6. The number of nitrogens with one attached hydrogen (secondary N) is 1. The summed E-state index contributed by atoms with van der Waals surface area (Å²) in [5.41, 5.74) is 3.27. The van der Waals surface area contributed by atoms with Crippen LogP contribution in [0.3, 0.4) is 0 Å². The molecule has 2 N–H and O–H groups in total. The van der Waals surface area contributed by atoms with Gasteiger partial charge < -0.3 is 10.4 Å². The van der Waals surface area contributed by atoms with E-state index in [1.54, 1.807) is 4.68 Å². The Morgan fingerprint density at radius 2 is 2.12 bits per heavy atom. The average Bonchev–Trinajstić information content (AvgIpc) is 2.53. The predicted octanol–water partition coefficient (Wildman–Crippen LogP) is 1.13. The number of hydrogen-bond donors (Lipinski definition) is 2. The number of nitrogens with zero attached hydrogens (tertiary/aromatic N) is 2. The summed E-state index contributed by atoms with van der Waals surface area (Å²) in [5, 5.41) is 16.4. The molecule has 0 amide bonds. The fourth-order valence-electron chi connectivity index (χ4n) is 2.07. The van der Waals surface area contributed by atoms with Gasteiger partial charge in [0.15, 0.2) is 0 Å². The molecule has 0 aliphatic heterocycles. The lowest BCUT2D eigenvalue weighted by atomic mass is 10.1. The van der Waals surface area contributed by atoms with Gasteiger partial charge in [-0.05, 0) is 32.4 Å². The van der Waals surface area contributed by atoms with E-state index in [2.05, 4.69) is 17.3 Å². The van der Waals surface area contributed by atoms with Crippen molar-refractivity contribution in [2.24, 2.45) is 0 Å². The third-order valence-electron chi connectivity index (χ3n) is 2.99. The van der Waals surface area contributed by atoms with Gasteiger partial charge in [0, 0.05) is 5.69 Å². The monoisotopic (exact) mass is 239 g/mol. The maximum absolute atomic E-state index is 11.1. The summed E-state index contributed by atoms with van der Waals surface area (Å²) in [6.45, 7) is 8.94. The summed E-state index contributed by atoms with van der Waals surface area (Å²) in [6, 6.07) is -0.581. The first-order valence-corrected chi connectivity index (χ1v) is 6.00. The number of carboxylic acids is 1. The van der Waals surface area contributed by atoms with Crippen molar-refractivity contribution in [2.45, 2.75) is 46.7 Å². The van der Waals surface area contributed by atoms with E-state index in [1.807, 2.05) is 20.8 Å². The molecule has 1 aromatic rings. The number of carbonyl (C=O) groups is 1. The van der Waals surface area contributed by atoms with E-state index in [9.17, 15) is 4.79 Å². The largest absolute Gasteiger partial charge is 0.480 e. The van der Waals surface area contributed by atoms with Crippen LogP contribution in [0, 0.1) is 13.8 Å². The lowest BCUT2D eigenvalue weighted by Crippen LogP contribution is -2.40. The topological polar surface area (TPSA) is 67.2 Å². The lowest BCUT2D eigenvalue weighted by molar-refractivity contribution is -0.139. The van der Waals surface area contributed by atoms with Crippen molar-refractivity contribution in [1.82, 2.24) is 15.1 Å². The quantitative estimate of drug-likeness (QED) is 0.780. The van der Waals surface area contributed by atoms with Gasteiger partial charge >= 0.3 is 5.97 Å². The highest BCUT2D eigenvalue weighted by atomic mass is 16.4. The Labute approximate surface area is 102 Å². The van der Waals surface area contributed by atoms with E-state index in [0.29, 0.717) is 13.1 Å². The SMILES string of the molecule is CCN[C@@H](Cn1nc(C)c(CC)c1C)C(=O)O. The molecule has 0 spiro atoms. The molecule has 0 aromatic carbocycles. The molecule has 0 aliphatic rings. The van der Waals surface area contributed by atoms with E-state index < -0.39 is 12.0 Å². The van der Waals surface area contributed by atoms with Crippen LogP contribution in [0.15, 0.2) is 0 Å². The standard InChI is InChI=1S/C12H21N3O2/c1-5-10-8(3)14-15(9(10)4)7-11(12(16)17)13-6-2/h11,13H,5-7H2,1-4H3,(H,16,17)/t11-/m0/s1. The number of aryl methyl sites for hydroxylation is 1. The van der Waals surface area contributed by atoms with Crippen molar-refractivity contribution in [3.05, 3.63) is 17.0 Å². The molecule has 1 aromatic heterocycles. The zero-order valence-corrected chi connectivity index (χ0v) is 10.9. The Morgan fingerprint density at radius 1 is 1.47 bits per heavy atom. The molecule has 5 heteroatoms. The molecule has 1 heterocycles. The van der Waals surface area contributed by atoms with Gasteiger partial charge in [-0.1, -0.05) is 13.8 Å². The van der Waals surface area contributed by atoms with Crippen molar-refractivity contribution in [3.8, 4) is 0 Å². The fraction of sp³-hybridized carbons (Fsp3) is 0.667. The molecule has 0 fully saturated rings. The maximum Gasteiger partial charge on any atom is 0.322 e. The molecule has 5 nitrogen and oxygen atoms in total. The number of aliphatic carboxylic acids is 1. The van der Waals surface area contributed by atoms with Gasteiger partial charge in [-0.25, -0.2) is 0 Å². The van der Waals surface area contributed by atoms with Gasteiger partial charge in [-0.3, -0.25) is 9.48 Å². The first-order valence-electron chi connectivity index (χ1n) is 6.00. The van der Waals surface area contributed by atoms with Crippen molar-refractivity contribution in [2.75, 3.05) is 6.54 Å². The van der Waals surface area contributed by atoms with Crippen molar-refractivity contribution < 1.29 is 9.90 Å². The summed E-state index contributed by atoms with van der Waals surface area (Å²) in [4.78, 5) is 11.1. The highest BCUT2D eigenvalue weighted by Crippen LogP contribution is 2.13. The minimum atomic E-state index is -0.836. The van der Waals surface area contributed by atoms with Crippen molar-refractivity contribution in [3.63, 3.8) is 0 Å². The van der Waals surface area contributed by atoms with Crippen LogP contribution in [-0.2, 0) is 17.8 Å². The predicted molar refractivity (Wildman–Crippen MR) is 66.2 cm³/mol. The summed E-state index contributed by atoms with van der Waals surface area (Å²) >= 11 is 0. The zero-order valence-electron chi connectivity index (χ0n) is 10.9. The molecular formula is C12H21N3O2. The second kappa shape index (κ2) is 5.82. The van der Waals surface area contributed by atoms with Crippen LogP contribution in [0.4, 0.5) is 0 Å². The van der Waals surface area contributed by atoms with E-state index in [1.165, 1.54) is 5.56 Å². The number of hydrogen-bond acceptors (Lipinski definition) is 3. The van der Waals surface area contributed by atoms with Gasteiger partial charge in [0.2, 0.25) is 0 Å². The van der Waals surface area contributed by atoms with Gasteiger partial charge in [-0.15, -0.1) is 0 Å². The molecule has 0 saturated carbocycles. The Kier molecular flexibility index (Phi) is 4.69. The molecule has 96 valence electrons. The van der Waals surface area contributed by atoms with Gasteiger partial charge in [0.25, 0.3) is 0 Å². The van der Waals surface area contributed by atoms with Crippen LogP contribution in [0.5, 0.6) is 0 Å². The molecule has 0 aliphatic carbocycles. The van der Waals surface area contributed by atoms with E-state index in [0.717, 1.165) is 17.8 Å². The first-order chi connectivity index (χ1) is 8.01. The van der Waals surface area contributed by atoms with Gasteiger partial charge in [-0.2, -0.15) is 5.10 Å². The second-order valence-electron chi connectivity index (χ2n) is 4.13. The van der Waals surface area contributed by atoms with Crippen molar-refractivity contribution in [1.29, 1.82) is 0 Å². The normalized spacial score (nSPS) is 12.7. The lowest BCUT2D eigenvalue weighted by Gasteiger charge is -2.14. The third-order valence-corrected chi connectivity index (χ3v) is 2.99. The number of likely N-dealkylation sites (N-methyl/N-ethyl adjacent to an activating group) is 1. The van der Waals surface area contributed by atoms with E-state index in [4.69, 9.17) is 5.11 Å². The molecule has 1 rings (SSSR count). The maximum atomic E-state index is 11.1. The average molecular weight is 239 g/mol. The summed E-state index contributed by atoms with van der Waals surface area (Å²) in [7, 11) is 0. The molecule has 1 atom stereocenters. The minimum Gasteiger partial charge on any atom is -0.480 e. The van der Waals surface area contributed by atoms with Crippen LogP contribution in [0.25, 0.3) is 0 Å². The molecule has 0 unspecified atom stereocenters. The molecule has 0 saturated heterocycles. The summed E-state index contributed by atoms with van der Waals surface area (Å²) in [6.07, 6.45) is 0.927. The molecule has 17 heavy (non-hydrogen) atoms. The first kappa shape index (κ1) is 13.7. The summed E-state index contributed by atoms with van der Waals surface area (Å²) < 4.78 is 1.79. The summed E-state index contributed by atoms with van der Waals surface area (Å²) in [5.74, 6) is -0.836. The van der Waals surface area contributed by atoms with Gasteiger partial charge in [0.1, 0.15) is 6.04 Å². The second-order valence-corrected chi connectivity index (χ2v) is 4.13. The van der Waals surface area contributed by atoms with Crippen LogP contribution in [0.1, 0.15) is 30.8 Å². The Morgan fingerprint density at radius 3 is 2.53 bits per heavy atom. The van der Waals surface area contributed by atoms with Crippen molar-refractivity contribution >= 4 is 5.97 Å². The highest BCUT2D eigenvalue weighted by molar-refractivity contribution is 5.73. The third kappa shape index (κ3) is 3.06. The van der Waals surface area contributed by atoms with Crippen LogP contribution < -0.4 is 5.32 Å². The van der Waals surface area contributed by atoms with E-state index in [-0.39, 0.29) is 0 Å². The zero-order chi connectivity index (χ0) is 13.0. The van der Waals surface area contributed by atoms with E-state index >= 15 is 0 Å².